The van der Waals surface area contributed by atoms with Gasteiger partial charge >= 0.3 is 11.8 Å². The number of hydrogen-bond acceptors (Lipinski definition) is 3. The highest BCUT2D eigenvalue weighted by Crippen LogP contribution is 2.25. The summed E-state index contributed by atoms with van der Waals surface area (Å²) in [6, 6.07) is 4.55. The molecule has 0 saturated heterocycles. The Balaban J connectivity index is 2.55. The Labute approximate surface area is 140 Å². The van der Waals surface area contributed by atoms with E-state index in [0.29, 0.717) is 5.02 Å². The Morgan fingerprint density at radius 3 is 2.41 bits per heavy atom. The van der Waals surface area contributed by atoms with Crippen molar-refractivity contribution in [1.29, 1.82) is 0 Å². The molecule has 0 aliphatic heterocycles. The smallest absolute Gasteiger partial charge is 0.313 e. The normalized spacial score (nSPS) is 12.1. The van der Waals surface area contributed by atoms with Crippen molar-refractivity contribution in [1.82, 2.24) is 5.32 Å². The van der Waals surface area contributed by atoms with Crippen molar-refractivity contribution in [3.63, 3.8) is 0 Å². The van der Waals surface area contributed by atoms with Crippen molar-refractivity contribution >= 4 is 40.7 Å². The van der Waals surface area contributed by atoms with Crippen LogP contribution in [0.1, 0.15) is 26.7 Å². The van der Waals surface area contributed by atoms with Crippen molar-refractivity contribution in [2.24, 2.45) is 5.92 Å². The summed E-state index contributed by atoms with van der Waals surface area (Å²) in [6.07, 6.45) is 0.928. The maximum Gasteiger partial charge on any atom is 0.313 e. The van der Waals surface area contributed by atoms with Crippen LogP contribution in [0.3, 0.4) is 0 Å². The third kappa shape index (κ3) is 5.48. The van der Waals surface area contributed by atoms with E-state index in [1.165, 1.54) is 12.1 Å². The molecule has 0 bridgehead atoms. The lowest BCUT2D eigenvalue weighted by atomic mass is 9.96. The molecule has 22 heavy (non-hydrogen) atoms. The van der Waals surface area contributed by atoms with Crippen LogP contribution in [0.4, 0.5) is 5.69 Å². The molecule has 3 N–H and O–H groups in total. The second-order valence-corrected chi connectivity index (χ2v) is 5.78. The number of rotatable bonds is 6. The lowest BCUT2D eigenvalue weighted by molar-refractivity contribution is -0.136. The number of aliphatic hydroxyl groups is 1. The van der Waals surface area contributed by atoms with E-state index in [9.17, 15) is 14.7 Å². The van der Waals surface area contributed by atoms with Crippen LogP contribution in [0.25, 0.3) is 0 Å². The van der Waals surface area contributed by atoms with Crippen molar-refractivity contribution in [3.8, 4) is 0 Å². The Hall–Kier alpha value is -1.30. The first-order valence-corrected chi connectivity index (χ1v) is 7.86. The van der Waals surface area contributed by atoms with Crippen LogP contribution in [-0.4, -0.2) is 29.6 Å². The fourth-order valence-electron chi connectivity index (χ4n) is 2.05. The first-order chi connectivity index (χ1) is 10.4. The van der Waals surface area contributed by atoms with Gasteiger partial charge in [-0.2, -0.15) is 0 Å². The molecule has 2 amide bonds. The molecular weight excluding hydrogens is 327 g/mol. The molecule has 0 aliphatic carbocycles. The number of benzene rings is 1. The van der Waals surface area contributed by atoms with Crippen LogP contribution in [0.15, 0.2) is 18.2 Å². The highest BCUT2D eigenvalue weighted by Gasteiger charge is 2.19. The van der Waals surface area contributed by atoms with Crippen LogP contribution < -0.4 is 10.6 Å². The summed E-state index contributed by atoms with van der Waals surface area (Å²) in [5.41, 5.74) is 0.259. The van der Waals surface area contributed by atoms with E-state index in [0.717, 1.165) is 12.8 Å². The van der Waals surface area contributed by atoms with Gasteiger partial charge in [-0.3, -0.25) is 9.59 Å². The minimum absolute atomic E-state index is 0.0296. The average Bonchev–Trinajstić information content (AvgIpc) is 2.49. The van der Waals surface area contributed by atoms with Gasteiger partial charge in [-0.15, -0.1) is 0 Å². The Morgan fingerprint density at radius 1 is 1.18 bits per heavy atom. The lowest BCUT2D eigenvalue weighted by Gasteiger charge is -2.20. The molecular formula is C15H20Cl2N2O3. The Bertz CT molecular complexity index is 534. The zero-order valence-electron chi connectivity index (χ0n) is 12.5. The molecule has 1 atom stereocenters. The molecule has 1 rings (SSSR count). The standard InChI is InChI=1S/C15H20Cl2N2O3/c1-3-9(4-2)13(20)8-18-14(21)15(22)19-12-7-10(16)5-6-11(12)17/h5-7,9,13,20H,3-4,8H2,1-2H3,(H,18,21)(H,19,22). The van der Waals surface area contributed by atoms with Crippen molar-refractivity contribution in [2.45, 2.75) is 32.8 Å². The summed E-state index contributed by atoms with van der Waals surface area (Å²) in [6.45, 7) is 3.96. The number of nitrogens with one attached hydrogen (secondary N) is 2. The topological polar surface area (TPSA) is 78.4 Å². The number of anilines is 1. The predicted molar refractivity (Wildman–Crippen MR) is 88.2 cm³/mol. The van der Waals surface area contributed by atoms with Gasteiger partial charge in [0.15, 0.2) is 0 Å². The second kappa shape index (κ2) is 8.98. The molecule has 1 unspecified atom stereocenters. The summed E-state index contributed by atoms with van der Waals surface area (Å²) in [5.74, 6) is -1.60. The van der Waals surface area contributed by atoms with Crippen LogP contribution in [-0.2, 0) is 9.59 Å². The first-order valence-electron chi connectivity index (χ1n) is 7.11. The van der Waals surface area contributed by atoms with Crippen molar-refractivity contribution in [3.05, 3.63) is 28.2 Å². The molecule has 0 aromatic heterocycles. The van der Waals surface area contributed by atoms with E-state index < -0.39 is 17.9 Å². The Morgan fingerprint density at radius 2 is 1.82 bits per heavy atom. The summed E-state index contributed by atoms with van der Waals surface area (Å²) in [5, 5.41) is 15.4. The van der Waals surface area contributed by atoms with E-state index in [2.05, 4.69) is 10.6 Å². The number of amides is 2. The summed E-state index contributed by atoms with van der Waals surface area (Å²) < 4.78 is 0. The Kier molecular flexibility index (Phi) is 7.65. The van der Waals surface area contributed by atoms with Gasteiger partial charge < -0.3 is 15.7 Å². The van der Waals surface area contributed by atoms with Gasteiger partial charge in [0.05, 0.1) is 16.8 Å². The molecule has 0 radical (unpaired) electrons. The molecule has 122 valence electrons. The highest BCUT2D eigenvalue weighted by atomic mass is 35.5. The van der Waals surface area contributed by atoms with E-state index in [4.69, 9.17) is 23.2 Å². The summed E-state index contributed by atoms with van der Waals surface area (Å²) in [7, 11) is 0. The van der Waals surface area contributed by atoms with Gasteiger partial charge in [0.1, 0.15) is 0 Å². The van der Waals surface area contributed by atoms with E-state index in [-0.39, 0.29) is 23.2 Å². The molecule has 0 aliphatic rings. The zero-order chi connectivity index (χ0) is 16.7. The molecule has 0 heterocycles. The van der Waals surface area contributed by atoms with Crippen LogP contribution in [0.2, 0.25) is 10.0 Å². The van der Waals surface area contributed by atoms with Gasteiger partial charge in [-0.05, 0) is 24.1 Å². The number of hydrogen-bond donors (Lipinski definition) is 3. The van der Waals surface area contributed by atoms with Crippen LogP contribution >= 0.6 is 23.2 Å². The SMILES string of the molecule is CCC(CC)C(O)CNC(=O)C(=O)Nc1cc(Cl)ccc1Cl. The number of aliphatic hydroxyl groups excluding tert-OH is 1. The van der Waals surface area contributed by atoms with Crippen LogP contribution in [0.5, 0.6) is 0 Å². The molecule has 0 saturated carbocycles. The fraction of sp³-hybridized carbons (Fsp3) is 0.467. The summed E-state index contributed by atoms with van der Waals surface area (Å²) >= 11 is 11.7. The fourth-order valence-corrected chi connectivity index (χ4v) is 2.39. The van der Waals surface area contributed by atoms with Gasteiger partial charge in [-0.1, -0.05) is 49.9 Å². The quantitative estimate of drug-likeness (QED) is 0.693. The third-order valence-electron chi connectivity index (χ3n) is 3.45. The van der Waals surface area contributed by atoms with E-state index in [1.807, 2.05) is 13.8 Å². The van der Waals surface area contributed by atoms with Crippen molar-refractivity contribution in [2.75, 3.05) is 11.9 Å². The van der Waals surface area contributed by atoms with Gasteiger partial charge in [-0.25, -0.2) is 0 Å². The third-order valence-corrected chi connectivity index (χ3v) is 4.01. The number of carbonyl (C=O) groups excluding carboxylic acids is 2. The maximum absolute atomic E-state index is 11.8. The van der Waals surface area contributed by atoms with Gasteiger partial charge in [0.25, 0.3) is 0 Å². The molecule has 5 nitrogen and oxygen atoms in total. The molecule has 0 spiro atoms. The molecule has 0 fully saturated rings. The highest BCUT2D eigenvalue weighted by molar-refractivity contribution is 6.42. The lowest BCUT2D eigenvalue weighted by Crippen LogP contribution is -2.41. The van der Waals surface area contributed by atoms with E-state index in [1.54, 1.807) is 6.07 Å². The zero-order valence-corrected chi connectivity index (χ0v) is 14.0. The largest absolute Gasteiger partial charge is 0.391 e. The predicted octanol–water partition coefficient (Wildman–Crippen LogP) is 2.85. The molecule has 7 heteroatoms. The monoisotopic (exact) mass is 346 g/mol. The maximum atomic E-state index is 11.8. The number of carbonyl (C=O) groups is 2. The van der Waals surface area contributed by atoms with Crippen LogP contribution in [0, 0.1) is 5.92 Å². The first kappa shape index (κ1) is 18.7. The average molecular weight is 347 g/mol. The summed E-state index contributed by atoms with van der Waals surface area (Å²) in [4.78, 5) is 23.5. The minimum Gasteiger partial charge on any atom is -0.391 e. The van der Waals surface area contributed by atoms with Gasteiger partial charge in [0, 0.05) is 11.6 Å². The molecule has 1 aromatic carbocycles. The van der Waals surface area contributed by atoms with Crippen molar-refractivity contribution < 1.29 is 14.7 Å². The minimum atomic E-state index is -0.860. The van der Waals surface area contributed by atoms with E-state index >= 15 is 0 Å². The van der Waals surface area contributed by atoms with Gasteiger partial charge in [0.2, 0.25) is 0 Å². The molecule has 1 aromatic rings. The number of halogens is 2. The second-order valence-electron chi connectivity index (χ2n) is 4.93.